The van der Waals surface area contributed by atoms with Crippen molar-refractivity contribution in [3.8, 4) is 0 Å². The molecule has 0 saturated heterocycles. The summed E-state index contributed by atoms with van der Waals surface area (Å²) in [4.78, 5) is 27.0. The summed E-state index contributed by atoms with van der Waals surface area (Å²) < 4.78 is 15.2. The van der Waals surface area contributed by atoms with Crippen LogP contribution in [0.25, 0.3) is 11.2 Å². The molecule has 2 aromatic heterocycles. The normalized spacial score (nSPS) is 11.0. The molecule has 29 heavy (non-hydrogen) atoms. The predicted molar refractivity (Wildman–Crippen MR) is 114 cm³/mol. The molecule has 1 atom stereocenters. The van der Waals surface area contributed by atoms with Crippen molar-refractivity contribution in [3.05, 3.63) is 36.0 Å². The Morgan fingerprint density at radius 3 is 2.34 bits per heavy atom. The molecule has 11 heteroatoms. The number of unbranched alkanes of at least 4 members (excludes halogenated alkanes) is 1. The SMILES string of the molecule is CCCC.CN(c1ccc(CO[P+](=O)O)cc1)c1cnc2nc(N)nc(N)c2n1. The molecular formula is C18H25N7O3P+. The predicted octanol–water partition coefficient (Wildman–Crippen LogP) is 3.32. The molecule has 154 valence electrons. The summed E-state index contributed by atoms with van der Waals surface area (Å²) in [5.41, 5.74) is 13.7. The minimum Gasteiger partial charge on any atom is -0.382 e. The second-order valence-electron chi connectivity index (χ2n) is 6.10. The second kappa shape index (κ2) is 10.6. The fourth-order valence-electron chi connectivity index (χ4n) is 2.18. The van der Waals surface area contributed by atoms with Gasteiger partial charge in [-0.05, 0) is 17.7 Å². The van der Waals surface area contributed by atoms with Gasteiger partial charge < -0.3 is 16.4 Å². The van der Waals surface area contributed by atoms with Crippen LogP contribution in [0.15, 0.2) is 30.5 Å². The quantitative estimate of drug-likeness (QED) is 0.508. The Morgan fingerprint density at radius 1 is 1.10 bits per heavy atom. The molecule has 1 unspecified atom stereocenters. The van der Waals surface area contributed by atoms with E-state index in [1.807, 2.05) is 19.2 Å². The summed E-state index contributed by atoms with van der Waals surface area (Å²) in [6, 6.07) is 7.24. The summed E-state index contributed by atoms with van der Waals surface area (Å²) in [5, 5.41) is 0. The van der Waals surface area contributed by atoms with E-state index >= 15 is 0 Å². The van der Waals surface area contributed by atoms with E-state index in [0.717, 1.165) is 11.3 Å². The van der Waals surface area contributed by atoms with Crippen molar-refractivity contribution in [1.29, 1.82) is 0 Å². The third-order valence-electron chi connectivity index (χ3n) is 3.95. The second-order valence-corrected chi connectivity index (χ2v) is 6.84. The number of aromatic nitrogens is 4. The van der Waals surface area contributed by atoms with Crippen LogP contribution in [0.5, 0.6) is 0 Å². The summed E-state index contributed by atoms with van der Waals surface area (Å²) in [5.74, 6) is 0.758. The summed E-state index contributed by atoms with van der Waals surface area (Å²) in [6.07, 6.45) is 4.20. The highest BCUT2D eigenvalue weighted by molar-refractivity contribution is 7.32. The molecule has 5 N–H and O–H groups in total. The topological polar surface area (TPSA) is 153 Å². The van der Waals surface area contributed by atoms with E-state index in [9.17, 15) is 4.57 Å². The van der Waals surface area contributed by atoms with Crippen molar-refractivity contribution in [1.82, 2.24) is 19.9 Å². The first-order valence-corrected chi connectivity index (χ1v) is 10.2. The average Bonchev–Trinajstić information content (AvgIpc) is 2.72. The number of nitrogens with zero attached hydrogens (tertiary/aromatic N) is 5. The molecule has 1 aromatic carbocycles. The zero-order chi connectivity index (χ0) is 21.4. The minimum absolute atomic E-state index is 0.0443. The van der Waals surface area contributed by atoms with Crippen molar-refractivity contribution in [3.63, 3.8) is 0 Å². The van der Waals surface area contributed by atoms with Gasteiger partial charge in [0.1, 0.15) is 6.61 Å². The summed E-state index contributed by atoms with van der Waals surface area (Å²) in [7, 11) is -0.794. The van der Waals surface area contributed by atoms with Gasteiger partial charge in [0.25, 0.3) is 0 Å². The maximum atomic E-state index is 10.6. The van der Waals surface area contributed by atoms with Crippen LogP contribution in [0.1, 0.15) is 32.3 Å². The van der Waals surface area contributed by atoms with E-state index in [4.69, 9.17) is 16.4 Å². The largest absolute Gasteiger partial charge is 0.695 e. The van der Waals surface area contributed by atoms with Crippen LogP contribution in [0.2, 0.25) is 0 Å². The highest BCUT2D eigenvalue weighted by Gasteiger charge is 2.13. The van der Waals surface area contributed by atoms with Crippen LogP contribution in [-0.2, 0) is 15.7 Å². The standard InChI is InChI=1S/C14H14N7O3P.C4H10/c1-21(9-4-2-8(3-5-9)7-24-25(22)23)10-6-17-13-11(18-10)12(15)19-14(16)20-13;1-3-4-2/h2-6H,7H2,1H3,(H4-,15,16,17,19,20,22,23);3-4H2,1-2H3/p+1. The lowest BCUT2D eigenvalue weighted by molar-refractivity contribution is 0.272. The molecular weight excluding hydrogens is 393 g/mol. The zero-order valence-electron chi connectivity index (χ0n) is 16.6. The molecule has 3 rings (SSSR count). The maximum absolute atomic E-state index is 10.6. The minimum atomic E-state index is -2.61. The maximum Gasteiger partial charge on any atom is 0.695 e. The first-order chi connectivity index (χ1) is 13.8. The Bertz CT molecular complexity index is 968. The van der Waals surface area contributed by atoms with E-state index in [-0.39, 0.29) is 18.4 Å². The van der Waals surface area contributed by atoms with E-state index in [1.54, 1.807) is 23.2 Å². The Balaban J connectivity index is 0.000000687. The monoisotopic (exact) mass is 418 g/mol. The van der Waals surface area contributed by atoms with Gasteiger partial charge in [-0.1, -0.05) is 38.8 Å². The number of benzene rings is 1. The first kappa shape index (κ1) is 22.4. The number of rotatable bonds is 6. The van der Waals surface area contributed by atoms with E-state index in [2.05, 4.69) is 38.3 Å². The third-order valence-corrected chi connectivity index (χ3v) is 4.30. The molecule has 3 aromatic rings. The molecule has 0 bridgehead atoms. The number of hydrogen-bond donors (Lipinski definition) is 3. The van der Waals surface area contributed by atoms with Crippen LogP contribution in [-0.4, -0.2) is 31.9 Å². The molecule has 10 nitrogen and oxygen atoms in total. The Hall–Kier alpha value is -2.94. The lowest BCUT2D eigenvalue weighted by Gasteiger charge is -2.18. The van der Waals surface area contributed by atoms with Crippen molar-refractivity contribution in [2.24, 2.45) is 0 Å². The van der Waals surface area contributed by atoms with Crippen LogP contribution < -0.4 is 16.4 Å². The molecule has 0 amide bonds. The van der Waals surface area contributed by atoms with Gasteiger partial charge in [0.15, 0.2) is 22.8 Å². The van der Waals surface area contributed by atoms with Gasteiger partial charge in [-0.3, -0.25) is 0 Å². The van der Waals surface area contributed by atoms with Gasteiger partial charge in [0.2, 0.25) is 5.95 Å². The molecule has 0 fully saturated rings. The highest BCUT2D eigenvalue weighted by Crippen LogP contribution is 2.25. The molecule has 0 aliphatic heterocycles. The molecule has 0 spiro atoms. The van der Waals surface area contributed by atoms with Gasteiger partial charge in [-0.2, -0.15) is 9.97 Å². The zero-order valence-corrected chi connectivity index (χ0v) is 17.5. The lowest BCUT2D eigenvalue weighted by Crippen LogP contribution is -2.13. The van der Waals surface area contributed by atoms with Gasteiger partial charge >= 0.3 is 8.25 Å². The fourth-order valence-corrected chi connectivity index (χ4v) is 2.44. The Labute approximate surface area is 169 Å². The number of nitrogen functional groups attached to an aromatic ring is 2. The molecule has 0 radical (unpaired) electrons. The smallest absolute Gasteiger partial charge is 0.382 e. The molecule has 0 aliphatic rings. The van der Waals surface area contributed by atoms with E-state index in [0.29, 0.717) is 17.0 Å². The van der Waals surface area contributed by atoms with Gasteiger partial charge in [-0.15, -0.1) is 9.42 Å². The van der Waals surface area contributed by atoms with Crippen LogP contribution in [0.3, 0.4) is 0 Å². The third kappa shape index (κ3) is 6.28. The number of hydrogen-bond acceptors (Lipinski definition) is 9. The van der Waals surface area contributed by atoms with E-state index < -0.39 is 8.25 Å². The molecule has 0 aliphatic carbocycles. The van der Waals surface area contributed by atoms with Crippen LogP contribution in [0, 0.1) is 0 Å². The fraction of sp³-hybridized carbons (Fsp3) is 0.333. The number of fused-ring (bicyclic) bond motifs is 1. The number of anilines is 4. The Morgan fingerprint density at radius 2 is 1.76 bits per heavy atom. The number of nitrogens with two attached hydrogens (primary N) is 2. The van der Waals surface area contributed by atoms with Gasteiger partial charge in [0.05, 0.1) is 6.20 Å². The average molecular weight is 418 g/mol. The van der Waals surface area contributed by atoms with E-state index in [1.165, 1.54) is 12.8 Å². The van der Waals surface area contributed by atoms with Crippen molar-refractivity contribution in [2.45, 2.75) is 33.3 Å². The summed E-state index contributed by atoms with van der Waals surface area (Å²) in [6.45, 7) is 4.42. The molecule has 2 heterocycles. The van der Waals surface area contributed by atoms with Crippen molar-refractivity contribution in [2.75, 3.05) is 23.4 Å². The lowest BCUT2D eigenvalue weighted by atomic mass is 10.2. The van der Waals surface area contributed by atoms with Gasteiger partial charge in [0, 0.05) is 17.3 Å². The first-order valence-electron chi connectivity index (χ1n) is 9.03. The Kier molecular flexibility index (Phi) is 8.14. The summed E-state index contributed by atoms with van der Waals surface area (Å²) >= 11 is 0. The van der Waals surface area contributed by atoms with Crippen molar-refractivity contribution < 1.29 is 14.0 Å². The van der Waals surface area contributed by atoms with Crippen LogP contribution >= 0.6 is 8.25 Å². The van der Waals surface area contributed by atoms with Crippen molar-refractivity contribution >= 4 is 42.7 Å². The van der Waals surface area contributed by atoms with Gasteiger partial charge in [-0.25, -0.2) is 9.97 Å². The van der Waals surface area contributed by atoms with Crippen LogP contribution in [0.4, 0.5) is 23.3 Å². The molecule has 0 saturated carbocycles. The highest BCUT2D eigenvalue weighted by atomic mass is 31.1.